The van der Waals surface area contributed by atoms with Crippen molar-refractivity contribution in [3.63, 3.8) is 0 Å². The third-order valence-electron chi connectivity index (χ3n) is 3.25. The highest BCUT2D eigenvalue weighted by Gasteiger charge is 2.30. The van der Waals surface area contributed by atoms with E-state index in [0.29, 0.717) is 6.04 Å². The minimum absolute atomic E-state index is 0.668. The molecule has 0 atom stereocenters. The highest BCUT2D eigenvalue weighted by molar-refractivity contribution is 7.10. The summed E-state index contributed by atoms with van der Waals surface area (Å²) in [6.07, 6.45) is 4.28. The van der Waals surface area contributed by atoms with Crippen LogP contribution in [0.2, 0.25) is 0 Å². The quantitative estimate of drug-likeness (QED) is 0.844. The van der Waals surface area contributed by atoms with Crippen LogP contribution < -0.4 is 5.32 Å². The summed E-state index contributed by atoms with van der Waals surface area (Å²) in [6.45, 7) is 4.68. The molecule has 0 bridgehead atoms. The van der Waals surface area contributed by atoms with Crippen LogP contribution in [0.15, 0.2) is 22.8 Å². The van der Waals surface area contributed by atoms with Gasteiger partial charge in [0.05, 0.1) is 12.8 Å². The Morgan fingerprint density at radius 3 is 3.05 bits per heavy atom. The lowest BCUT2D eigenvalue weighted by Gasteiger charge is -2.19. The van der Waals surface area contributed by atoms with E-state index in [0.717, 1.165) is 36.1 Å². The van der Waals surface area contributed by atoms with Crippen LogP contribution in [0.1, 0.15) is 31.2 Å². The number of hydrogen-bond acceptors (Lipinski definition) is 6. The molecule has 0 saturated heterocycles. The van der Waals surface area contributed by atoms with E-state index in [1.165, 1.54) is 24.4 Å². The first-order valence-corrected chi connectivity index (χ1v) is 7.45. The first-order chi connectivity index (χ1) is 9.36. The molecule has 0 radical (unpaired) electrons. The van der Waals surface area contributed by atoms with Gasteiger partial charge in [-0.1, -0.05) is 4.49 Å². The van der Waals surface area contributed by atoms with E-state index in [1.807, 2.05) is 12.1 Å². The molecular weight excluding hydrogens is 260 g/mol. The first-order valence-electron chi connectivity index (χ1n) is 6.68. The van der Waals surface area contributed by atoms with Gasteiger partial charge in [-0.25, -0.2) is 0 Å². The fourth-order valence-corrected chi connectivity index (χ4v) is 2.80. The molecular formula is C13H18N4OS. The molecule has 0 spiro atoms. The van der Waals surface area contributed by atoms with Crippen molar-refractivity contribution in [2.24, 2.45) is 0 Å². The molecule has 0 unspecified atom stereocenters. The van der Waals surface area contributed by atoms with Gasteiger partial charge in [-0.15, -0.1) is 5.10 Å². The van der Waals surface area contributed by atoms with Crippen molar-refractivity contribution >= 4 is 16.5 Å². The van der Waals surface area contributed by atoms with Gasteiger partial charge in [-0.3, -0.25) is 4.90 Å². The number of furan rings is 1. The first kappa shape index (κ1) is 12.6. The number of hydrogen-bond donors (Lipinski definition) is 1. The Bertz CT molecular complexity index is 506. The number of nitrogens with zero attached hydrogens (tertiary/aromatic N) is 3. The zero-order chi connectivity index (χ0) is 13.1. The Morgan fingerprint density at radius 1 is 1.47 bits per heavy atom. The van der Waals surface area contributed by atoms with Crippen molar-refractivity contribution in [1.82, 2.24) is 14.5 Å². The molecule has 0 aromatic carbocycles. The number of aromatic nitrogens is 2. The fourth-order valence-electron chi connectivity index (χ4n) is 2.16. The Balaban J connectivity index is 1.69. The molecule has 19 heavy (non-hydrogen) atoms. The summed E-state index contributed by atoms with van der Waals surface area (Å²) in [6, 6.07) is 4.63. The molecule has 0 aliphatic heterocycles. The van der Waals surface area contributed by atoms with E-state index in [4.69, 9.17) is 4.42 Å². The van der Waals surface area contributed by atoms with Crippen molar-refractivity contribution in [3.8, 4) is 0 Å². The zero-order valence-corrected chi connectivity index (χ0v) is 11.8. The second-order valence-corrected chi connectivity index (χ2v) is 5.55. The van der Waals surface area contributed by atoms with Crippen LogP contribution in [0.5, 0.6) is 0 Å². The predicted octanol–water partition coefficient (Wildman–Crippen LogP) is 2.73. The van der Waals surface area contributed by atoms with E-state index in [2.05, 4.69) is 26.7 Å². The third-order valence-corrected chi connectivity index (χ3v) is 3.97. The summed E-state index contributed by atoms with van der Waals surface area (Å²) in [5.74, 6) is 1.01. The second kappa shape index (κ2) is 5.71. The van der Waals surface area contributed by atoms with E-state index in [1.54, 1.807) is 6.26 Å². The number of anilines is 1. The molecule has 1 aliphatic rings. The topological polar surface area (TPSA) is 54.2 Å². The number of nitrogens with one attached hydrogen (secondary N) is 1. The van der Waals surface area contributed by atoms with E-state index >= 15 is 0 Å². The average molecular weight is 278 g/mol. The third kappa shape index (κ3) is 3.13. The van der Waals surface area contributed by atoms with Gasteiger partial charge in [0.2, 0.25) is 0 Å². The minimum Gasteiger partial charge on any atom is -0.468 e. The normalized spacial score (nSPS) is 15.1. The second-order valence-electron chi connectivity index (χ2n) is 4.79. The molecule has 2 aromatic rings. The Morgan fingerprint density at radius 2 is 2.37 bits per heavy atom. The van der Waals surface area contributed by atoms with Crippen LogP contribution >= 0.6 is 11.5 Å². The van der Waals surface area contributed by atoms with Gasteiger partial charge in [0.1, 0.15) is 16.5 Å². The lowest BCUT2D eigenvalue weighted by Crippen LogP contribution is -2.25. The standard InChI is InChI=1S/C13H18N4OS/c1-2-14-13-12(15-16-19-13)9-17(10-5-6-10)8-11-4-3-7-18-11/h3-4,7,10,14H,2,5-6,8-9H2,1H3. The molecule has 102 valence electrons. The Labute approximate surface area is 116 Å². The summed E-state index contributed by atoms with van der Waals surface area (Å²) in [7, 11) is 0. The molecule has 5 nitrogen and oxygen atoms in total. The maximum atomic E-state index is 5.45. The van der Waals surface area contributed by atoms with E-state index < -0.39 is 0 Å². The fraction of sp³-hybridized carbons (Fsp3) is 0.538. The molecule has 1 fully saturated rings. The average Bonchev–Trinajstić information content (AvgIpc) is 2.96. The van der Waals surface area contributed by atoms with E-state index in [9.17, 15) is 0 Å². The largest absolute Gasteiger partial charge is 0.468 e. The van der Waals surface area contributed by atoms with Crippen LogP contribution in [0.3, 0.4) is 0 Å². The molecule has 3 rings (SSSR count). The van der Waals surface area contributed by atoms with Crippen LogP contribution in [0.25, 0.3) is 0 Å². The maximum Gasteiger partial charge on any atom is 0.134 e. The van der Waals surface area contributed by atoms with Gasteiger partial charge >= 0.3 is 0 Å². The van der Waals surface area contributed by atoms with Gasteiger partial charge in [0, 0.05) is 30.7 Å². The van der Waals surface area contributed by atoms with Crippen molar-refractivity contribution in [1.29, 1.82) is 0 Å². The molecule has 2 heterocycles. The Kier molecular flexibility index (Phi) is 3.79. The van der Waals surface area contributed by atoms with Gasteiger partial charge < -0.3 is 9.73 Å². The van der Waals surface area contributed by atoms with Crippen molar-refractivity contribution in [3.05, 3.63) is 29.9 Å². The summed E-state index contributed by atoms with van der Waals surface area (Å²) in [5, 5.41) is 8.66. The lowest BCUT2D eigenvalue weighted by atomic mass is 10.3. The van der Waals surface area contributed by atoms with Gasteiger partial charge in [-0.2, -0.15) is 0 Å². The minimum atomic E-state index is 0.668. The summed E-state index contributed by atoms with van der Waals surface area (Å²) in [5.41, 5.74) is 1.05. The van der Waals surface area contributed by atoms with Crippen LogP contribution in [0.4, 0.5) is 5.00 Å². The van der Waals surface area contributed by atoms with Crippen LogP contribution in [-0.2, 0) is 13.1 Å². The highest BCUT2D eigenvalue weighted by Crippen LogP contribution is 2.31. The molecule has 1 saturated carbocycles. The molecule has 0 amide bonds. The maximum absolute atomic E-state index is 5.45. The molecule has 2 aromatic heterocycles. The Hall–Kier alpha value is -1.40. The smallest absolute Gasteiger partial charge is 0.134 e. The van der Waals surface area contributed by atoms with Gasteiger partial charge in [0.25, 0.3) is 0 Å². The number of rotatable bonds is 7. The van der Waals surface area contributed by atoms with Gasteiger partial charge in [0.15, 0.2) is 0 Å². The van der Waals surface area contributed by atoms with Crippen molar-refractivity contribution < 1.29 is 4.42 Å². The predicted molar refractivity (Wildman–Crippen MR) is 75.0 cm³/mol. The zero-order valence-electron chi connectivity index (χ0n) is 11.0. The SMILES string of the molecule is CCNc1snnc1CN(Cc1ccco1)C1CC1. The van der Waals surface area contributed by atoms with Crippen LogP contribution in [0, 0.1) is 0 Å². The molecule has 1 N–H and O–H groups in total. The van der Waals surface area contributed by atoms with Gasteiger partial charge in [-0.05, 0) is 31.9 Å². The van der Waals surface area contributed by atoms with Crippen molar-refractivity contribution in [2.75, 3.05) is 11.9 Å². The van der Waals surface area contributed by atoms with E-state index in [-0.39, 0.29) is 0 Å². The summed E-state index contributed by atoms with van der Waals surface area (Å²) >= 11 is 1.43. The van der Waals surface area contributed by atoms with Crippen molar-refractivity contribution in [2.45, 2.75) is 38.9 Å². The summed E-state index contributed by atoms with van der Waals surface area (Å²) in [4.78, 5) is 2.43. The molecule has 1 aliphatic carbocycles. The monoisotopic (exact) mass is 278 g/mol. The lowest BCUT2D eigenvalue weighted by molar-refractivity contribution is 0.223. The molecule has 6 heteroatoms. The summed E-state index contributed by atoms with van der Waals surface area (Å²) < 4.78 is 9.50. The van der Waals surface area contributed by atoms with Crippen LogP contribution in [-0.4, -0.2) is 27.1 Å². The highest BCUT2D eigenvalue weighted by atomic mass is 32.1.